The third-order valence-corrected chi connectivity index (χ3v) is 2.70. The Labute approximate surface area is 101 Å². The van der Waals surface area contributed by atoms with Gasteiger partial charge in [0.2, 0.25) is 11.8 Å². The van der Waals surface area contributed by atoms with Gasteiger partial charge in [-0.3, -0.25) is 9.59 Å². The van der Waals surface area contributed by atoms with Gasteiger partial charge in [0.15, 0.2) is 0 Å². The van der Waals surface area contributed by atoms with Gasteiger partial charge in [0.1, 0.15) is 12.1 Å². The Bertz CT molecular complexity index is 316. The predicted molar refractivity (Wildman–Crippen MR) is 62.8 cm³/mol. The summed E-state index contributed by atoms with van der Waals surface area (Å²) in [5.74, 6) is 1.69. The largest absolute Gasteiger partial charge is 0.368 e. The van der Waals surface area contributed by atoms with Crippen LogP contribution < -0.4 is 11.1 Å². The van der Waals surface area contributed by atoms with Gasteiger partial charge in [-0.05, 0) is 25.7 Å². The number of carbonyl (C=O) groups excluding carboxylic acids is 2. The van der Waals surface area contributed by atoms with Crippen molar-refractivity contribution < 1.29 is 14.3 Å². The molecular formula is C12H18N2O3. The number of nitrogens with one attached hydrogen (secondary N) is 1. The molecule has 1 aliphatic rings. The first-order valence-electron chi connectivity index (χ1n) is 5.80. The fourth-order valence-corrected chi connectivity index (χ4v) is 1.74. The van der Waals surface area contributed by atoms with Gasteiger partial charge >= 0.3 is 0 Å². The maximum Gasteiger partial charge on any atom is 0.249 e. The lowest BCUT2D eigenvalue weighted by molar-refractivity contribution is -0.133. The molecule has 1 heterocycles. The molecule has 1 rings (SSSR count). The molecule has 5 heteroatoms. The molecule has 0 aromatic rings. The minimum absolute atomic E-state index is 0.257. The number of carbonyl (C=O) groups is 2. The highest BCUT2D eigenvalue weighted by molar-refractivity contribution is 5.88. The zero-order chi connectivity index (χ0) is 12.7. The summed E-state index contributed by atoms with van der Waals surface area (Å²) in [7, 11) is 0. The topological polar surface area (TPSA) is 81.4 Å². The van der Waals surface area contributed by atoms with Crippen LogP contribution in [0.3, 0.4) is 0 Å². The van der Waals surface area contributed by atoms with E-state index in [2.05, 4.69) is 11.2 Å². The van der Waals surface area contributed by atoms with E-state index in [9.17, 15) is 9.59 Å². The van der Waals surface area contributed by atoms with E-state index in [-0.39, 0.29) is 5.91 Å². The van der Waals surface area contributed by atoms with E-state index in [4.69, 9.17) is 16.9 Å². The number of terminal acetylenes is 1. The number of primary amides is 1. The molecule has 5 nitrogen and oxygen atoms in total. The van der Waals surface area contributed by atoms with Crippen molar-refractivity contribution in [3.05, 3.63) is 0 Å². The Kier molecular flexibility index (Phi) is 5.50. The molecule has 2 atom stereocenters. The lowest BCUT2D eigenvalue weighted by atomic mass is 10.1. The number of nitrogens with two attached hydrogens (primary N) is 1. The average Bonchev–Trinajstić information content (AvgIpc) is 2.81. The Hall–Kier alpha value is -1.54. The Morgan fingerprint density at radius 1 is 1.59 bits per heavy atom. The highest BCUT2D eigenvalue weighted by atomic mass is 16.5. The van der Waals surface area contributed by atoms with E-state index in [0.717, 1.165) is 6.42 Å². The third-order valence-electron chi connectivity index (χ3n) is 2.70. The number of amides is 2. The second kappa shape index (κ2) is 6.92. The summed E-state index contributed by atoms with van der Waals surface area (Å²) in [6.07, 6.45) is 7.95. The normalized spacial score (nSPS) is 20.5. The van der Waals surface area contributed by atoms with E-state index < -0.39 is 18.1 Å². The summed E-state index contributed by atoms with van der Waals surface area (Å²) in [6, 6.07) is -0.653. The zero-order valence-electron chi connectivity index (χ0n) is 9.78. The van der Waals surface area contributed by atoms with Crippen LogP contribution in [0.5, 0.6) is 0 Å². The second-order valence-electron chi connectivity index (χ2n) is 4.06. The molecule has 94 valence electrons. The molecule has 0 saturated carbocycles. The zero-order valence-corrected chi connectivity index (χ0v) is 9.78. The molecule has 1 fully saturated rings. The molecule has 0 aromatic heterocycles. The quantitative estimate of drug-likeness (QED) is 0.502. The van der Waals surface area contributed by atoms with Gasteiger partial charge in [0.05, 0.1) is 0 Å². The first-order valence-corrected chi connectivity index (χ1v) is 5.80. The van der Waals surface area contributed by atoms with Crippen LogP contribution in [0.15, 0.2) is 0 Å². The number of ether oxygens (including phenoxy) is 1. The van der Waals surface area contributed by atoms with Crippen LogP contribution in [0.25, 0.3) is 0 Å². The SMILES string of the molecule is C#CCCC[C@@H](NC(=O)[C@@H]1CCCO1)C(N)=O. The number of hydrogen-bond donors (Lipinski definition) is 2. The summed E-state index contributed by atoms with van der Waals surface area (Å²) in [6.45, 7) is 0.594. The molecule has 0 aromatic carbocycles. The highest BCUT2D eigenvalue weighted by Gasteiger charge is 2.27. The van der Waals surface area contributed by atoms with E-state index in [1.54, 1.807) is 0 Å². The van der Waals surface area contributed by atoms with Crippen molar-refractivity contribution >= 4 is 11.8 Å². The van der Waals surface area contributed by atoms with Gasteiger partial charge in [0.25, 0.3) is 0 Å². The number of unbranched alkanes of at least 4 members (excludes halogenated alkanes) is 1. The van der Waals surface area contributed by atoms with E-state index in [0.29, 0.717) is 32.3 Å². The van der Waals surface area contributed by atoms with E-state index in [1.807, 2.05) is 0 Å². The van der Waals surface area contributed by atoms with Crippen molar-refractivity contribution in [2.45, 2.75) is 44.2 Å². The molecule has 17 heavy (non-hydrogen) atoms. The minimum atomic E-state index is -0.653. The fourth-order valence-electron chi connectivity index (χ4n) is 1.74. The van der Waals surface area contributed by atoms with Gasteiger partial charge < -0.3 is 15.8 Å². The molecule has 1 aliphatic heterocycles. The van der Waals surface area contributed by atoms with Crippen LogP contribution >= 0.6 is 0 Å². The maximum absolute atomic E-state index is 11.7. The minimum Gasteiger partial charge on any atom is -0.368 e. The predicted octanol–water partition coefficient (Wildman–Crippen LogP) is -0.0610. The fraction of sp³-hybridized carbons (Fsp3) is 0.667. The molecule has 0 spiro atoms. The molecule has 0 bridgehead atoms. The van der Waals surface area contributed by atoms with Crippen molar-refractivity contribution in [1.29, 1.82) is 0 Å². The van der Waals surface area contributed by atoms with Crippen molar-refractivity contribution in [2.75, 3.05) is 6.61 Å². The Morgan fingerprint density at radius 2 is 2.35 bits per heavy atom. The molecular weight excluding hydrogens is 220 g/mol. The van der Waals surface area contributed by atoms with E-state index in [1.165, 1.54) is 0 Å². The average molecular weight is 238 g/mol. The van der Waals surface area contributed by atoms with Crippen molar-refractivity contribution in [1.82, 2.24) is 5.32 Å². The third kappa shape index (κ3) is 4.45. The molecule has 0 unspecified atom stereocenters. The van der Waals surface area contributed by atoms with Crippen LogP contribution in [-0.2, 0) is 14.3 Å². The van der Waals surface area contributed by atoms with Crippen molar-refractivity contribution in [3.8, 4) is 12.3 Å². The van der Waals surface area contributed by atoms with Gasteiger partial charge in [0, 0.05) is 13.0 Å². The summed E-state index contributed by atoms with van der Waals surface area (Å²) >= 11 is 0. The van der Waals surface area contributed by atoms with Gasteiger partial charge in [-0.15, -0.1) is 12.3 Å². The first-order chi connectivity index (χ1) is 8.15. The smallest absolute Gasteiger partial charge is 0.249 e. The molecule has 3 N–H and O–H groups in total. The number of rotatable bonds is 6. The Balaban J connectivity index is 2.40. The van der Waals surface area contributed by atoms with Crippen LogP contribution in [0.2, 0.25) is 0 Å². The lowest BCUT2D eigenvalue weighted by Crippen LogP contribution is -2.47. The summed E-state index contributed by atoms with van der Waals surface area (Å²) in [4.78, 5) is 22.9. The molecule has 2 amide bonds. The van der Waals surface area contributed by atoms with Crippen LogP contribution in [0.4, 0.5) is 0 Å². The molecule has 0 radical (unpaired) electrons. The van der Waals surface area contributed by atoms with Gasteiger partial charge in [-0.25, -0.2) is 0 Å². The summed E-state index contributed by atoms with van der Waals surface area (Å²) < 4.78 is 5.22. The van der Waals surface area contributed by atoms with Gasteiger partial charge in [-0.2, -0.15) is 0 Å². The maximum atomic E-state index is 11.7. The van der Waals surface area contributed by atoms with Crippen LogP contribution in [0.1, 0.15) is 32.1 Å². The molecule has 1 saturated heterocycles. The summed E-state index contributed by atoms with van der Waals surface area (Å²) in [5, 5.41) is 2.61. The molecule has 0 aliphatic carbocycles. The van der Waals surface area contributed by atoms with Crippen LogP contribution in [-0.4, -0.2) is 30.6 Å². The monoisotopic (exact) mass is 238 g/mol. The van der Waals surface area contributed by atoms with Crippen LogP contribution in [0, 0.1) is 12.3 Å². The summed E-state index contributed by atoms with van der Waals surface area (Å²) in [5.41, 5.74) is 5.22. The highest BCUT2D eigenvalue weighted by Crippen LogP contribution is 2.12. The Morgan fingerprint density at radius 3 is 2.88 bits per heavy atom. The van der Waals surface area contributed by atoms with Crippen molar-refractivity contribution in [2.24, 2.45) is 5.73 Å². The van der Waals surface area contributed by atoms with Gasteiger partial charge in [-0.1, -0.05) is 0 Å². The first kappa shape index (κ1) is 13.5. The van der Waals surface area contributed by atoms with Crippen molar-refractivity contribution in [3.63, 3.8) is 0 Å². The second-order valence-corrected chi connectivity index (χ2v) is 4.06. The lowest BCUT2D eigenvalue weighted by Gasteiger charge is -2.17. The standard InChI is InChI=1S/C12H18N2O3/c1-2-3-4-6-9(11(13)15)14-12(16)10-7-5-8-17-10/h1,9-10H,3-8H2,(H2,13,15)(H,14,16)/t9-,10+/m1/s1. The number of hydrogen-bond acceptors (Lipinski definition) is 3. The van der Waals surface area contributed by atoms with E-state index >= 15 is 0 Å².